The van der Waals surface area contributed by atoms with E-state index in [4.69, 9.17) is 4.74 Å². The van der Waals surface area contributed by atoms with Crippen molar-refractivity contribution in [3.8, 4) is 5.75 Å². The fourth-order valence-electron chi connectivity index (χ4n) is 2.61. The summed E-state index contributed by atoms with van der Waals surface area (Å²) in [5.74, 6) is 0.792. The Bertz CT molecular complexity index is 632. The van der Waals surface area contributed by atoms with Crippen LogP contribution in [0.15, 0.2) is 29.2 Å². The predicted molar refractivity (Wildman–Crippen MR) is 78.1 cm³/mol. The maximum Gasteiger partial charge on any atom is 0.345 e. The summed E-state index contributed by atoms with van der Waals surface area (Å²) in [6, 6.07) is 5.68. The van der Waals surface area contributed by atoms with E-state index >= 15 is 0 Å². The van der Waals surface area contributed by atoms with Crippen LogP contribution >= 0.6 is 0 Å². The van der Waals surface area contributed by atoms with Crippen LogP contribution in [0, 0.1) is 0 Å². The van der Waals surface area contributed by atoms with Crippen molar-refractivity contribution >= 4 is 10.9 Å². The lowest BCUT2D eigenvalue weighted by Gasteiger charge is -2.14. The molecule has 1 aliphatic heterocycles. The Balaban J connectivity index is 1.55. The lowest BCUT2D eigenvalue weighted by atomic mass is 10.2. The van der Waals surface area contributed by atoms with E-state index in [1.54, 1.807) is 6.20 Å². The van der Waals surface area contributed by atoms with Gasteiger partial charge < -0.3 is 14.6 Å². The normalized spacial score (nSPS) is 15.8. The number of nitrogens with zero attached hydrogens (tertiary/aromatic N) is 2. The molecule has 2 aromatic rings. The third-order valence-electron chi connectivity index (χ3n) is 3.67. The summed E-state index contributed by atoms with van der Waals surface area (Å²) in [5, 5.41) is 0.911. The summed E-state index contributed by atoms with van der Waals surface area (Å²) in [6.45, 7) is 4.26. The maximum absolute atomic E-state index is 11.2. The lowest BCUT2D eigenvalue weighted by Crippen LogP contribution is -2.21. The van der Waals surface area contributed by atoms with Gasteiger partial charge in [-0.05, 0) is 44.5 Å². The Hall–Kier alpha value is -1.88. The molecule has 1 saturated heterocycles. The fraction of sp³-hybridized carbons (Fsp3) is 0.467. The summed E-state index contributed by atoms with van der Waals surface area (Å²) < 4.78 is 5.74. The van der Waals surface area contributed by atoms with E-state index < -0.39 is 0 Å². The number of nitrogens with one attached hydrogen (secondary N) is 1. The molecule has 2 heterocycles. The minimum absolute atomic E-state index is 0.330. The van der Waals surface area contributed by atoms with Gasteiger partial charge in [0.05, 0.1) is 12.1 Å². The molecule has 0 radical (unpaired) electrons. The Morgan fingerprint density at radius 3 is 3.00 bits per heavy atom. The first kappa shape index (κ1) is 13.1. The van der Waals surface area contributed by atoms with Crippen molar-refractivity contribution in [1.29, 1.82) is 0 Å². The number of rotatable bonds is 5. The third-order valence-corrected chi connectivity index (χ3v) is 3.67. The van der Waals surface area contributed by atoms with Crippen molar-refractivity contribution in [3.63, 3.8) is 0 Å². The molecular weight excluding hydrogens is 254 g/mol. The Morgan fingerprint density at radius 1 is 1.30 bits per heavy atom. The standard InChI is InChI=1S/C15H19N3O2/c19-15-16-11-12-4-5-13(10-14(12)17-15)20-9-3-8-18-6-1-2-7-18/h4-5,10-11H,1-3,6-9H2,(H,16,17,19). The monoisotopic (exact) mass is 273 g/mol. The van der Waals surface area contributed by atoms with Crippen molar-refractivity contribution in [2.24, 2.45) is 0 Å². The third kappa shape index (κ3) is 3.17. The van der Waals surface area contributed by atoms with Gasteiger partial charge in [0, 0.05) is 24.2 Å². The average molecular weight is 273 g/mol. The van der Waals surface area contributed by atoms with Crippen molar-refractivity contribution in [1.82, 2.24) is 14.9 Å². The molecule has 0 unspecified atom stereocenters. The highest BCUT2D eigenvalue weighted by molar-refractivity contribution is 5.78. The second kappa shape index (κ2) is 6.05. The molecule has 0 aliphatic carbocycles. The van der Waals surface area contributed by atoms with Gasteiger partial charge >= 0.3 is 5.69 Å². The molecule has 1 aromatic carbocycles. The molecule has 0 atom stereocenters. The molecule has 5 heteroatoms. The molecule has 20 heavy (non-hydrogen) atoms. The Labute approximate surface area is 117 Å². The van der Waals surface area contributed by atoms with E-state index in [1.165, 1.54) is 25.9 Å². The Kier molecular flexibility index (Phi) is 3.97. The van der Waals surface area contributed by atoms with E-state index in [0.29, 0.717) is 6.61 Å². The van der Waals surface area contributed by atoms with Gasteiger partial charge in [-0.1, -0.05) is 0 Å². The first-order valence-corrected chi connectivity index (χ1v) is 7.15. The van der Waals surface area contributed by atoms with Gasteiger partial charge in [-0.25, -0.2) is 9.78 Å². The van der Waals surface area contributed by atoms with E-state index in [0.717, 1.165) is 29.6 Å². The molecule has 1 aliphatic rings. The summed E-state index contributed by atoms with van der Waals surface area (Å²) in [6.07, 6.45) is 5.26. The largest absolute Gasteiger partial charge is 0.493 e. The van der Waals surface area contributed by atoms with E-state index in [2.05, 4.69) is 14.9 Å². The fourth-order valence-corrected chi connectivity index (χ4v) is 2.61. The number of ether oxygens (including phenoxy) is 1. The van der Waals surface area contributed by atoms with E-state index in [-0.39, 0.29) is 5.69 Å². The minimum Gasteiger partial charge on any atom is -0.493 e. The van der Waals surface area contributed by atoms with Crippen LogP contribution in [-0.4, -0.2) is 41.1 Å². The number of aromatic amines is 1. The molecule has 106 valence electrons. The summed E-state index contributed by atoms with van der Waals surface area (Å²) in [7, 11) is 0. The Morgan fingerprint density at radius 2 is 2.15 bits per heavy atom. The van der Waals surface area contributed by atoms with Crippen LogP contribution in [0.1, 0.15) is 19.3 Å². The van der Waals surface area contributed by atoms with Gasteiger partial charge in [0.2, 0.25) is 0 Å². The number of aromatic nitrogens is 2. The minimum atomic E-state index is -0.330. The average Bonchev–Trinajstić information content (AvgIpc) is 2.96. The second-order valence-corrected chi connectivity index (χ2v) is 5.19. The van der Waals surface area contributed by atoms with Crippen LogP contribution in [0.2, 0.25) is 0 Å². The van der Waals surface area contributed by atoms with Crippen LogP contribution in [0.4, 0.5) is 0 Å². The zero-order valence-electron chi connectivity index (χ0n) is 11.5. The molecule has 0 spiro atoms. The van der Waals surface area contributed by atoms with Crippen molar-refractivity contribution in [3.05, 3.63) is 34.9 Å². The van der Waals surface area contributed by atoms with Crippen molar-refractivity contribution < 1.29 is 4.74 Å². The molecule has 0 saturated carbocycles. The van der Waals surface area contributed by atoms with Gasteiger partial charge in [0.15, 0.2) is 0 Å². The first-order valence-electron chi connectivity index (χ1n) is 7.15. The van der Waals surface area contributed by atoms with Crippen LogP contribution in [0.3, 0.4) is 0 Å². The highest BCUT2D eigenvalue weighted by Gasteiger charge is 2.10. The van der Waals surface area contributed by atoms with Crippen molar-refractivity contribution in [2.45, 2.75) is 19.3 Å². The molecule has 0 amide bonds. The number of fused-ring (bicyclic) bond motifs is 1. The first-order chi connectivity index (χ1) is 9.81. The number of likely N-dealkylation sites (tertiary alicyclic amines) is 1. The van der Waals surface area contributed by atoms with Gasteiger partial charge in [0.25, 0.3) is 0 Å². The topological polar surface area (TPSA) is 58.2 Å². The molecule has 3 rings (SSSR count). The van der Waals surface area contributed by atoms with Gasteiger partial charge in [-0.15, -0.1) is 0 Å². The molecule has 1 aromatic heterocycles. The smallest absolute Gasteiger partial charge is 0.345 e. The van der Waals surface area contributed by atoms with Crippen LogP contribution in [0.25, 0.3) is 10.9 Å². The maximum atomic E-state index is 11.2. The molecule has 0 bridgehead atoms. The zero-order chi connectivity index (χ0) is 13.8. The van der Waals surface area contributed by atoms with E-state index in [9.17, 15) is 4.79 Å². The molecule has 1 N–H and O–H groups in total. The van der Waals surface area contributed by atoms with Crippen molar-refractivity contribution in [2.75, 3.05) is 26.2 Å². The van der Waals surface area contributed by atoms with Gasteiger partial charge in [-0.2, -0.15) is 0 Å². The zero-order valence-corrected chi connectivity index (χ0v) is 11.5. The van der Waals surface area contributed by atoms with Gasteiger partial charge in [0.1, 0.15) is 5.75 Å². The number of hydrogen-bond donors (Lipinski definition) is 1. The molecule has 5 nitrogen and oxygen atoms in total. The molecular formula is C15H19N3O2. The number of hydrogen-bond acceptors (Lipinski definition) is 4. The number of H-pyrrole nitrogens is 1. The number of benzene rings is 1. The van der Waals surface area contributed by atoms with Gasteiger partial charge in [-0.3, -0.25) is 0 Å². The summed E-state index contributed by atoms with van der Waals surface area (Å²) in [4.78, 5) is 20.1. The highest BCUT2D eigenvalue weighted by Crippen LogP contribution is 2.17. The van der Waals surface area contributed by atoms with E-state index in [1.807, 2.05) is 18.2 Å². The van der Waals surface area contributed by atoms with Crippen LogP contribution < -0.4 is 10.4 Å². The quantitative estimate of drug-likeness (QED) is 0.844. The van der Waals surface area contributed by atoms with Crippen LogP contribution in [0.5, 0.6) is 5.75 Å². The second-order valence-electron chi connectivity index (χ2n) is 5.19. The summed E-state index contributed by atoms with van der Waals surface area (Å²) in [5.41, 5.74) is 0.436. The predicted octanol–water partition coefficient (Wildman–Crippen LogP) is 1.79. The molecule has 1 fully saturated rings. The SMILES string of the molecule is O=c1ncc2ccc(OCCCN3CCCC3)cc2[nH]1. The van der Waals surface area contributed by atoms with Crippen LogP contribution in [-0.2, 0) is 0 Å². The summed E-state index contributed by atoms with van der Waals surface area (Å²) >= 11 is 0. The highest BCUT2D eigenvalue weighted by atomic mass is 16.5. The lowest BCUT2D eigenvalue weighted by molar-refractivity contribution is 0.263.